The van der Waals surface area contributed by atoms with Gasteiger partial charge in [-0.15, -0.1) is 11.3 Å². The molecule has 0 saturated carbocycles. The molecule has 0 radical (unpaired) electrons. The molecule has 1 aromatic carbocycles. The number of carbonyl (C=O) groups excluding carboxylic acids is 1. The van der Waals surface area contributed by atoms with Crippen molar-refractivity contribution in [2.24, 2.45) is 0 Å². The van der Waals surface area contributed by atoms with Crippen molar-refractivity contribution in [3.63, 3.8) is 0 Å². The number of thiophene rings is 1. The van der Waals surface area contributed by atoms with Crippen molar-refractivity contribution < 1.29 is 9.21 Å². The lowest BCUT2D eigenvalue weighted by atomic mass is 10.2. The maximum Gasteiger partial charge on any atom is 0.276 e. The molecule has 0 aliphatic rings. The number of fused-ring (bicyclic) bond motifs is 3. The Balaban J connectivity index is 1.73. The van der Waals surface area contributed by atoms with E-state index in [0.29, 0.717) is 11.1 Å². The Morgan fingerprint density at radius 1 is 1.31 bits per heavy atom. The summed E-state index contributed by atoms with van der Waals surface area (Å²) in [5.74, 6) is 0.371. The Kier molecular flexibility index (Phi) is 4.08. The Morgan fingerprint density at radius 3 is 2.88 bits per heavy atom. The lowest BCUT2D eigenvalue weighted by Crippen LogP contribution is -2.37. The molecular formula is C19H17N3O3S. The highest BCUT2D eigenvalue weighted by atomic mass is 32.1. The number of aromatic nitrogens is 2. The van der Waals surface area contributed by atoms with Crippen LogP contribution in [0.5, 0.6) is 0 Å². The van der Waals surface area contributed by atoms with E-state index in [1.165, 1.54) is 4.68 Å². The SMILES string of the molecule is Cc1nn([C@H](C)C(=O)NCc2ccco2)c(=O)c2c1sc1ccccc12. The summed E-state index contributed by atoms with van der Waals surface area (Å²) >= 11 is 1.55. The van der Waals surface area contributed by atoms with Crippen LogP contribution in [0.3, 0.4) is 0 Å². The zero-order valence-electron chi connectivity index (χ0n) is 14.4. The van der Waals surface area contributed by atoms with Crippen LogP contribution in [-0.2, 0) is 11.3 Å². The Hall–Kier alpha value is -2.93. The summed E-state index contributed by atoms with van der Waals surface area (Å²) < 4.78 is 8.39. The van der Waals surface area contributed by atoms with Gasteiger partial charge in [-0.25, -0.2) is 4.68 Å². The minimum Gasteiger partial charge on any atom is -0.467 e. The highest BCUT2D eigenvalue weighted by Gasteiger charge is 2.21. The topological polar surface area (TPSA) is 77.1 Å². The van der Waals surface area contributed by atoms with Crippen LogP contribution in [0.25, 0.3) is 20.2 Å². The highest BCUT2D eigenvalue weighted by molar-refractivity contribution is 7.26. The summed E-state index contributed by atoms with van der Waals surface area (Å²) in [7, 11) is 0. The van der Waals surface area contributed by atoms with E-state index < -0.39 is 6.04 Å². The standard InChI is InChI=1S/C19H17N3O3S/c1-11-17-16(14-7-3-4-8-15(14)26-17)19(24)22(21-11)12(2)18(23)20-10-13-6-5-9-25-13/h3-9,12H,10H2,1-2H3,(H,20,23)/t12-/m1/s1. The van der Waals surface area contributed by atoms with Crippen LogP contribution in [0, 0.1) is 6.92 Å². The maximum atomic E-state index is 13.0. The smallest absolute Gasteiger partial charge is 0.276 e. The zero-order chi connectivity index (χ0) is 18.3. The average Bonchev–Trinajstić information content (AvgIpc) is 3.29. The van der Waals surface area contributed by atoms with Gasteiger partial charge in [0.25, 0.3) is 5.56 Å². The largest absolute Gasteiger partial charge is 0.467 e. The molecule has 1 atom stereocenters. The fourth-order valence-electron chi connectivity index (χ4n) is 2.99. The molecule has 0 aliphatic heterocycles. The molecule has 7 heteroatoms. The first-order valence-corrected chi connectivity index (χ1v) is 9.08. The molecule has 1 N–H and O–H groups in total. The normalized spacial score (nSPS) is 12.5. The van der Waals surface area contributed by atoms with E-state index in [0.717, 1.165) is 20.5 Å². The van der Waals surface area contributed by atoms with E-state index >= 15 is 0 Å². The van der Waals surface area contributed by atoms with Gasteiger partial charge < -0.3 is 9.73 Å². The van der Waals surface area contributed by atoms with Gasteiger partial charge in [0, 0.05) is 10.1 Å². The number of carbonyl (C=O) groups is 1. The Labute approximate surface area is 153 Å². The van der Waals surface area contributed by atoms with Crippen molar-refractivity contribution in [1.29, 1.82) is 0 Å². The molecule has 132 valence electrons. The van der Waals surface area contributed by atoms with Gasteiger partial charge in [-0.2, -0.15) is 5.10 Å². The van der Waals surface area contributed by atoms with Crippen LogP contribution in [0.1, 0.15) is 24.4 Å². The second-order valence-corrected chi connectivity index (χ2v) is 7.16. The molecule has 4 aromatic rings. The second kappa shape index (κ2) is 6.42. The quantitative estimate of drug-likeness (QED) is 0.600. The third-order valence-corrected chi connectivity index (χ3v) is 5.65. The van der Waals surface area contributed by atoms with Gasteiger partial charge in [0.05, 0.1) is 28.6 Å². The predicted molar refractivity (Wildman–Crippen MR) is 101 cm³/mol. The number of furan rings is 1. The first-order valence-electron chi connectivity index (χ1n) is 8.27. The lowest BCUT2D eigenvalue weighted by Gasteiger charge is -2.14. The number of hydrogen-bond donors (Lipinski definition) is 1. The van der Waals surface area contributed by atoms with Crippen LogP contribution in [0.2, 0.25) is 0 Å². The van der Waals surface area contributed by atoms with Gasteiger partial charge in [-0.05, 0) is 32.0 Å². The Bertz CT molecular complexity index is 1160. The van der Waals surface area contributed by atoms with E-state index in [1.54, 1.807) is 36.7 Å². The molecule has 0 fully saturated rings. The fraction of sp³-hybridized carbons (Fsp3) is 0.211. The van der Waals surface area contributed by atoms with Crippen LogP contribution in [0.15, 0.2) is 51.9 Å². The number of nitrogens with zero attached hydrogens (tertiary/aromatic N) is 2. The van der Waals surface area contributed by atoms with Crippen molar-refractivity contribution in [3.8, 4) is 0 Å². The van der Waals surface area contributed by atoms with E-state index in [1.807, 2.05) is 31.2 Å². The number of rotatable bonds is 4. The highest BCUT2D eigenvalue weighted by Crippen LogP contribution is 2.32. The van der Waals surface area contributed by atoms with Gasteiger partial charge in [0.15, 0.2) is 0 Å². The van der Waals surface area contributed by atoms with E-state index in [4.69, 9.17) is 4.42 Å². The van der Waals surface area contributed by atoms with Crippen LogP contribution in [-0.4, -0.2) is 15.7 Å². The lowest BCUT2D eigenvalue weighted by molar-refractivity contribution is -0.124. The number of hydrogen-bond acceptors (Lipinski definition) is 5. The number of amides is 1. The molecule has 0 aliphatic carbocycles. The van der Waals surface area contributed by atoms with Crippen molar-refractivity contribution in [1.82, 2.24) is 15.1 Å². The molecule has 6 nitrogen and oxygen atoms in total. The van der Waals surface area contributed by atoms with Crippen molar-refractivity contribution in [2.75, 3.05) is 0 Å². The van der Waals surface area contributed by atoms with Crippen molar-refractivity contribution >= 4 is 37.4 Å². The predicted octanol–water partition coefficient (Wildman–Crippen LogP) is 3.39. The first-order chi connectivity index (χ1) is 12.6. The van der Waals surface area contributed by atoms with Crippen LogP contribution in [0.4, 0.5) is 0 Å². The summed E-state index contributed by atoms with van der Waals surface area (Å²) in [6.07, 6.45) is 1.55. The minimum atomic E-state index is -0.723. The molecular weight excluding hydrogens is 350 g/mol. The van der Waals surface area contributed by atoms with Crippen LogP contribution < -0.4 is 10.9 Å². The zero-order valence-corrected chi connectivity index (χ0v) is 15.2. The number of nitrogens with one attached hydrogen (secondary N) is 1. The summed E-state index contributed by atoms with van der Waals surface area (Å²) in [4.78, 5) is 25.5. The molecule has 0 bridgehead atoms. The van der Waals surface area contributed by atoms with E-state index in [9.17, 15) is 9.59 Å². The average molecular weight is 367 g/mol. The molecule has 0 unspecified atom stereocenters. The molecule has 3 heterocycles. The van der Waals surface area contributed by atoms with Crippen LogP contribution >= 0.6 is 11.3 Å². The summed E-state index contributed by atoms with van der Waals surface area (Å²) in [5.41, 5.74) is 0.496. The first kappa shape index (κ1) is 16.5. The van der Waals surface area contributed by atoms with Gasteiger partial charge in [-0.3, -0.25) is 9.59 Å². The van der Waals surface area contributed by atoms with Gasteiger partial charge >= 0.3 is 0 Å². The molecule has 26 heavy (non-hydrogen) atoms. The molecule has 4 rings (SSSR count). The molecule has 1 amide bonds. The van der Waals surface area contributed by atoms with Gasteiger partial charge in [0.2, 0.25) is 5.91 Å². The molecule has 3 aromatic heterocycles. The third-order valence-electron chi connectivity index (χ3n) is 4.37. The summed E-state index contributed by atoms with van der Waals surface area (Å²) in [6.45, 7) is 3.81. The monoisotopic (exact) mass is 367 g/mol. The second-order valence-electron chi connectivity index (χ2n) is 6.11. The summed E-state index contributed by atoms with van der Waals surface area (Å²) in [5, 5.41) is 8.70. The number of aryl methyl sites for hydroxylation is 1. The molecule has 0 spiro atoms. The van der Waals surface area contributed by atoms with Crippen molar-refractivity contribution in [3.05, 3.63) is 64.5 Å². The van der Waals surface area contributed by atoms with E-state index in [2.05, 4.69) is 10.4 Å². The Morgan fingerprint density at radius 2 is 2.12 bits per heavy atom. The fourth-order valence-corrected chi connectivity index (χ4v) is 4.12. The van der Waals surface area contributed by atoms with Crippen molar-refractivity contribution in [2.45, 2.75) is 26.4 Å². The van der Waals surface area contributed by atoms with E-state index in [-0.39, 0.29) is 18.0 Å². The van der Waals surface area contributed by atoms with Gasteiger partial charge in [-0.1, -0.05) is 18.2 Å². The number of benzene rings is 1. The molecule has 0 saturated heterocycles. The summed E-state index contributed by atoms with van der Waals surface area (Å²) in [6, 6.07) is 10.6. The van der Waals surface area contributed by atoms with Gasteiger partial charge in [0.1, 0.15) is 11.8 Å². The maximum absolute atomic E-state index is 13.0. The third kappa shape index (κ3) is 2.70. The minimum absolute atomic E-state index is 0.247.